The summed E-state index contributed by atoms with van der Waals surface area (Å²) >= 11 is 7.48. The Labute approximate surface area is 148 Å². The molecule has 0 amide bonds. The second-order valence-corrected chi connectivity index (χ2v) is 6.78. The first-order valence-corrected chi connectivity index (χ1v) is 9.26. The number of rotatable bonds is 7. The van der Waals surface area contributed by atoms with Crippen LogP contribution in [-0.2, 0) is 17.9 Å². The molecule has 0 aliphatic rings. The summed E-state index contributed by atoms with van der Waals surface area (Å²) < 4.78 is 6.66. The summed E-state index contributed by atoms with van der Waals surface area (Å²) in [5.41, 5.74) is 1.16. The van der Waals surface area contributed by atoms with Crippen LogP contribution in [0.1, 0.15) is 37.2 Å². The molecule has 0 aromatic carbocycles. The lowest BCUT2D eigenvalue weighted by atomic mass is 10.2. The van der Waals surface area contributed by atoms with Gasteiger partial charge in [-0.15, -0.1) is 11.8 Å². The highest BCUT2D eigenvalue weighted by atomic mass is 35.5. The molecule has 3 heterocycles. The fraction of sp³-hybridized carbons (Fsp3) is 0.375. The minimum Gasteiger partial charge on any atom is -0.338 e. The first-order chi connectivity index (χ1) is 11.7. The van der Waals surface area contributed by atoms with Crippen molar-refractivity contribution in [2.45, 2.75) is 37.7 Å². The van der Waals surface area contributed by atoms with E-state index in [4.69, 9.17) is 16.1 Å². The van der Waals surface area contributed by atoms with E-state index in [2.05, 4.69) is 22.0 Å². The zero-order chi connectivity index (χ0) is 16.9. The van der Waals surface area contributed by atoms with Crippen LogP contribution in [0.25, 0.3) is 5.65 Å². The Kier molecular flexibility index (Phi) is 5.52. The van der Waals surface area contributed by atoms with Crippen LogP contribution in [0.15, 0.2) is 33.7 Å². The molecule has 0 spiro atoms. The van der Waals surface area contributed by atoms with Crippen molar-refractivity contribution in [2.24, 2.45) is 0 Å². The Balaban J connectivity index is 1.62. The van der Waals surface area contributed by atoms with E-state index < -0.39 is 0 Å². The van der Waals surface area contributed by atoms with Gasteiger partial charge in [0, 0.05) is 24.4 Å². The highest BCUT2D eigenvalue weighted by Crippen LogP contribution is 2.16. The third-order valence-electron chi connectivity index (χ3n) is 3.42. The molecule has 3 aromatic rings. The Hall–Kier alpha value is -1.86. The number of thioether (sulfide) groups is 1. The van der Waals surface area contributed by atoms with Crippen molar-refractivity contribution in [3.8, 4) is 0 Å². The van der Waals surface area contributed by atoms with E-state index in [-0.39, 0.29) is 5.56 Å². The molecule has 0 aliphatic carbocycles. The van der Waals surface area contributed by atoms with Crippen molar-refractivity contribution in [3.05, 3.63) is 57.2 Å². The van der Waals surface area contributed by atoms with E-state index in [0.717, 1.165) is 30.8 Å². The summed E-state index contributed by atoms with van der Waals surface area (Å²) in [6.07, 6.45) is 4.57. The van der Waals surface area contributed by atoms with Crippen LogP contribution >= 0.6 is 23.4 Å². The van der Waals surface area contributed by atoms with Crippen LogP contribution in [0.3, 0.4) is 0 Å². The molecular formula is C16H17ClN4O2S. The van der Waals surface area contributed by atoms with Gasteiger partial charge in [-0.2, -0.15) is 4.98 Å². The summed E-state index contributed by atoms with van der Waals surface area (Å²) in [6, 6.07) is 4.98. The van der Waals surface area contributed by atoms with Crippen LogP contribution in [0.5, 0.6) is 0 Å². The molecule has 0 fully saturated rings. The number of halogens is 1. The predicted molar refractivity (Wildman–Crippen MR) is 94.4 cm³/mol. The van der Waals surface area contributed by atoms with E-state index in [0.29, 0.717) is 28.1 Å². The minimum absolute atomic E-state index is 0.141. The van der Waals surface area contributed by atoms with E-state index >= 15 is 0 Å². The molecule has 8 heteroatoms. The minimum atomic E-state index is -0.141. The van der Waals surface area contributed by atoms with Crippen molar-refractivity contribution >= 4 is 29.0 Å². The van der Waals surface area contributed by atoms with Crippen LogP contribution in [0, 0.1) is 0 Å². The maximum Gasteiger partial charge on any atom is 0.258 e. The number of nitrogens with zero attached hydrogens (tertiary/aromatic N) is 4. The van der Waals surface area contributed by atoms with Crippen molar-refractivity contribution < 1.29 is 4.52 Å². The first kappa shape index (κ1) is 17.0. The van der Waals surface area contributed by atoms with Crippen molar-refractivity contribution in [1.29, 1.82) is 0 Å². The second kappa shape index (κ2) is 7.81. The smallest absolute Gasteiger partial charge is 0.258 e. The number of aromatic nitrogens is 4. The fourth-order valence-corrected chi connectivity index (χ4v) is 3.14. The van der Waals surface area contributed by atoms with E-state index in [1.54, 1.807) is 30.1 Å². The average Bonchev–Trinajstić information content (AvgIpc) is 3.01. The van der Waals surface area contributed by atoms with Gasteiger partial charge in [0.1, 0.15) is 5.65 Å². The SMILES string of the molecule is CCCCc1noc(CSCc2cc(=O)n3cc(Cl)ccc3n2)n1. The van der Waals surface area contributed by atoms with Gasteiger partial charge in [0.05, 0.1) is 16.5 Å². The quantitative estimate of drug-likeness (QED) is 0.638. The van der Waals surface area contributed by atoms with Crippen LogP contribution in [-0.4, -0.2) is 19.5 Å². The number of unbranched alkanes of at least 4 members (excludes halogenated alkanes) is 1. The molecule has 0 saturated heterocycles. The van der Waals surface area contributed by atoms with Gasteiger partial charge in [0.25, 0.3) is 5.56 Å². The molecule has 6 nitrogen and oxygen atoms in total. The largest absolute Gasteiger partial charge is 0.338 e. The Morgan fingerprint density at radius 3 is 3.00 bits per heavy atom. The van der Waals surface area contributed by atoms with Gasteiger partial charge in [-0.05, 0) is 18.6 Å². The van der Waals surface area contributed by atoms with Gasteiger partial charge < -0.3 is 4.52 Å². The summed E-state index contributed by atoms with van der Waals surface area (Å²) in [5, 5.41) is 4.47. The van der Waals surface area contributed by atoms with Gasteiger partial charge in [0.2, 0.25) is 5.89 Å². The highest BCUT2D eigenvalue weighted by molar-refractivity contribution is 7.97. The normalized spacial score (nSPS) is 11.2. The van der Waals surface area contributed by atoms with E-state index in [1.165, 1.54) is 10.5 Å². The molecule has 0 N–H and O–H groups in total. The molecule has 0 bridgehead atoms. The molecule has 3 rings (SSSR count). The summed E-state index contributed by atoms with van der Waals surface area (Å²) in [6.45, 7) is 2.13. The lowest BCUT2D eigenvalue weighted by Gasteiger charge is -2.03. The molecule has 24 heavy (non-hydrogen) atoms. The van der Waals surface area contributed by atoms with E-state index in [1.807, 2.05) is 0 Å². The van der Waals surface area contributed by atoms with Crippen LogP contribution in [0.4, 0.5) is 0 Å². The van der Waals surface area contributed by atoms with Crippen LogP contribution < -0.4 is 5.56 Å². The number of hydrogen-bond donors (Lipinski definition) is 0. The summed E-state index contributed by atoms with van der Waals surface area (Å²) in [7, 11) is 0. The molecule has 0 saturated carbocycles. The van der Waals surface area contributed by atoms with Crippen molar-refractivity contribution in [2.75, 3.05) is 0 Å². The molecular weight excluding hydrogens is 348 g/mol. The van der Waals surface area contributed by atoms with Gasteiger partial charge >= 0.3 is 0 Å². The highest BCUT2D eigenvalue weighted by Gasteiger charge is 2.08. The maximum atomic E-state index is 12.1. The third kappa shape index (κ3) is 4.15. The second-order valence-electron chi connectivity index (χ2n) is 5.36. The molecule has 0 unspecified atom stereocenters. The molecule has 3 aromatic heterocycles. The van der Waals surface area contributed by atoms with Crippen LogP contribution in [0.2, 0.25) is 5.02 Å². The standard InChI is InChI=1S/C16H17ClN4O2S/c1-2-3-4-13-19-15(23-20-13)10-24-9-12-7-16(22)21-8-11(17)5-6-14(21)18-12/h5-8H,2-4,9-10H2,1H3. The topological polar surface area (TPSA) is 73.3 Å². The molecule has 0 radical (unpaired) electrons. The molecule has 0 aliphatic heterocycles. The third-order valence-corrected chi connectivity index (χ3v) is 4.59. The van der Waals surface area contributed by atoms with E-state index in [9.17, 15) is 4.79 Å². The van der Waals surface area contributed by atoms with Gasteiger partial charge in [-0.3, -0.25) is 9.20 Å². The number of aryl methyl sites for hydroxylation is 1. The Morgan fingerprint density at radius 1 is 1.29 bits per heavy atom. The average molecular weight is 365 g/mol. The number of pyridine rings is 1. The summed E-state index contributed by atoms with van der Waals surface area (Å²) in [4.78, 5) is 20.9. The first-order valence-electron chi connectivity index (χ1n) is 7.73. The van der Waals surface area contributed by atoms with Crippen molar-refractivity contribution in [1.82, 2.24) is 19.5 Å². The van der Waals surface area contributed by atoms with Gasteiger partial charge in [-0.25, -0.2) is 4.98 Å². The van der Waals surface area contributed by atoms with Gasteiger partial charge in [0.15, 0.2) is 5.82 Å². The monoisotopic (exact) mass is 364 g/mol. The lowest BCUT2D eigenvalue weighted by molar-refractivity contribution is 0.384. The zero-order valence-electron chi connectivity index (χ0n) is 13.2. The predicted octanol–water partition coefficient (Wildman–Crippen LogP) is 3.51. The fourth-order valence-electron chi connectivity index (χ4n) is 2.23. The number of fused-ring (bicyclic) bond motifs is 1. The molecule has 0 atom stereocenters. The lowest BCUT2D eigenvalue weighted by Crippen LogP contribution is -2.15. The van der Waals surface area contributed by atoms with Crippen molar-refractivity contribution in [3.63, 3.8) is 0 Å². The number of hydrogen-bond acceptors (Lipinski definition) is 6. The Morgan fingerprint density at radius 2 is 2.17 bits per heavy atom. The van der Waals surface area contributed by atoms with Gasteiger partial charge in [-0.1, -0.05) is 30.1 Å². The molecule has 126 valence electrons. The maximum absolute atomic E-state index is 12.1. The zero-order valence-corrected chi connectivity index (χ0v) is 14.8. The Bertz CT molecular complexity index is 893. The summed E-state index contributed by atoms with van der Waals surface area (Å²) in [5.74, 6) is 2.56.